The maximum absolute atomic E-state index is 13.2. The van der Waals surface area contributed by atoms with E-state index in [1.54, 1.807) is 6.33 Å². The predicted octanol–water partition coefficient (Wildman–Crippen LogP) is 4.15. The van der Waals surface area contributed by atoms with Crippen LogP contribution in [0.25, 0.3) is 22.4 Å². The Morgan fingerprint density at radius 2 is 1.84 bits per heavy atom. The van der Waals surface area contributed by atoms with E-state index in [9.17, 15) is 4.79 Å². The van der Waals surface area contributed by atoms with E-state index in [1.807, 2.05) is 55.1 Å². The van der Waals surface area contributed by atoms with Crippen LogP contribution >= 0.6 is 0 Å². The van der Waals surface area contributed by atoms with E-state index < -0.39 is 0 Å². The minimum Gasteiger partial charge on any atom is -0.345 e. The Bertz CT molecular complexity index is 1310. The Kier molecular flexibility index (Phi) is 3.93. The second kappa shape index (κ2) is 6.70. The van der Waals surface area contributed by atoms with Crippen molar-refractivity contribution < 1.29 is 4.79 Å². The van der Waals surface area contributed by atoms with Gasteiger partial charge in [-0.25, -0.2) is 4.98 Å². The first kappa shape index (κ1) is 18.2. The molecule has 4 aromatic rings. The number of hydrogen-bond acceptors (Lipinski definition) is 5. The van der Waals surface area contributed by atoms with Crippen molar-refractivity contribution in [2.75, 3.05) is 4.90 Å². The van der Waals surface area contributed by atoms with E-state index in [2.05, 4.69) is 26.2 Å². The van der Waals surface area contributed by atoms with Gasteiger partial charge in [0.05, 0.1) is 40.7 Å². The van der Waals surface area contributed by atoms with Crippen molar-refractivity contribution in [1.29, 1.82) is 0 Å². The summed E-state index contributed by atoms with van der Waals surface area (Å²) in [6, 6.07) is 13.9. The number of hydrogen-bond donors (Lipinski definition) is 1. The quantitative estimate of drug-likeness (QED) is 0.511. The van der Waals surface area contributed by atoms with E-state index in [0.717, 1.165) is 57.9 Å². The number of amides is 1. The summed E-state index contributed by atoms with van der Waals surface area (Å²) in [5.74, 6) is 0.717. The number of carbonyl (C=O) groups excluding carboxylic acids is 1. The number of aryl methyl sites for hydroxylation is 2. The normalized spacial score (nSPS) is 20.8. The molecule has 2 unspecified atom stereocenters. The van der Waals surface area contributed by atoms with E-state index in [1.165, 1.54) is 0 Å². The molecule has 1 saturated carbocycles. The van der Waals surface area contributed by atoms with E-state index in [0.29, 0.717) is 5.92 Å². The average molecular weight is 410 g/mol. The SMILES string of the molecule is Cc1ccc(-c2ccc(C3C(C4CC4)C(=O)N3c3ccc4nc[nH]c4c3)c(C)n2)nn1. The van der Waals surface area contributed by atoms with Crippen molar-refractivity contribution in [3.63, 3.8) is 0 Å². The van der Waals surface area contributed by atoms with Crippen molar-refractivity contribution in [1.82, 2.24) is 25.1 Å². The highest BCUT2D eigenvalue weighted by Gasteiger charge is 2.55. The topological polar surface area (TPSA) is 87.7 Å². The molecular formula is C24H22N6O. The van der Waals surface area contributed by atoms with Crippen molar-refractivity contribution in [3.8, 4) is 11.4 Å². The average Bonchev–Trinajstić information content (AvgIpc) is 3.47. The number of H-pyrrole nitrogens is 1. The van der Waals surface area contributed by atoms with Crippen LogP contribution in [0.2, 0.25) is 0 Å². The fraction of sp³-hybridized carbons (Fsp3) is 0.292. The molecular weight excluding hydrogens is 388 g/mol. The van der Waals surface area contributed by atoms with Crippen LogP contribution in [0.5, 0.6) is 0 Å². The van der Waals surface area contributed by atoms with Gasteiger partial charge in [-0.05, 0) is 74.6 Å². The van der Waals surface area contributed by atoms with Crippen LogP contribution in [-0.4, -0.2) is 31.1 Å². The molecule has 7 heteroatoms. The van der Waals surface area contributed by atoms with Crippen LogP contribution < -0.4 is 4.90 Å². The number of imidazole rings is 1. The van der Waals surface area contributed by atoms with Gasteiger partial charge in [0.1, 0.15) is 5.69 Å². The Balaban J connectivity index is 1.39. The van der Waals surface area contributed by atoms with Crippen LogP contribution in [0, 0.1) is 25.7 Å². The van der Waals surface area contributed by atoms with Crippen molar-refractivity contribution in [3.05, 3.63) is 65.7 Å². The third-order valence-corrected chi connectivity index (χ3v) is 6.46. The van der Waals surface area contributed by atoms with Gasteiger partial charge >= 0.3 is 0 Å². The van der Waals surface area contributed by atoms with E-state index in [4.69, 9.17) is 4.98 Å². The molecule has 1 N–H and O–H groups in total. The molecule has 7 nitrogen and oxygen atoms in total. The molecule has 1 aliphatic carbocycles. The first-order valence-corrected chi connectivity index (χ1v) is 10.6. The third-order valence-electron chi connectivity index (χ3n) is 6.46. The number of benzene rings is 1. The number of β-lactam (4-membered cyclic amide) rings is 1. The van der Waals surface area contributed by atoms with Gasteiger partial charge in [0.15, 0.2) is 0 Å². The zero-order valence-corrected chi connectivity index (χ0v) is 17.4. The molecule has 154 valence electrons. The fourth-order valence-electron chi connectivity index (χ4n) is 4.68. The van der Waals surface area contributed by atoms with Crippen LogP contribution in [0.1, 0.15) is 35.8 Å². The van der Waals surface area contributed by atoms with Crippen molar-refractivity contribution >= 4 is 22.6 Å². The number of anilines is 1. The van der Waals surface area contributed by atoms with Gasteiger partial charge in [0, 0.05) is 11.4 Å². The molecule has 0 spiro atoms. The van der Waals surface area contributed by atoms with Gasteiger partial charge in [-0.2, -0.15) is 5.10 Å². The summed E-state index contributed by atoms with van der Waals surface area (Å²) >= 11 is 0. The number of aromatic amines is 1. The summed E-state index contributed by atoms with van der Waals surface area (Å²) < 4.78 is 0. The summed E-state index contributed by atoms with van der Waals surface area (Å²) in [4.78, 5) is 27.4. The first-order valence-electron chi connectivity index (χ1n) is 10.6. The highest BCUT2D eigenvalue weighted by atomic mass is 16.2. The number of nitrogens with one attached hydrogen (secondary N) is 1. The molecule has 3 aromatic heterocycles. The smallest absolute Gasteiger partial charge is 0.233 e. The largest absolute Gasteiger partial charge is 0.345 e. The molecule has 1 saturated heterocycles. The second-order valence-corrected chi connectivity index (χ2v) is 8.55. The van der Waals surface area contributed by atoms with Crippen molar-refractivity contribution in [2.24, 2.45) is 11.8 Å². The molecule has 4 heterocycles. The maximum Gasteiger partial charge on any atom is 0.233 e. The number of nitrogens with zero attached hydrogens (tertiary/aromatic N) is 5. The highest BCUT2D eigenvalue weighted by Crippen LogP contribution is 2.54. The summed E-state index contributed by atoms with van der Waals surface area (Å²) in [7, 11) is 0. The zero-order chi connectivity index (χ0) is 21.1. The molecule has 1 aliphatic heterocycles. The van der Waals surface area contributed by atoms with Gasteiger partial charge in [-0.1, -0.05) is 6.07 Å². The lowest BCUT2D eigenvalue weighted by Crippen LogP contribution is -2.56. The minimum atomic E-state index is 0.00558. The van der Waals surface area contributed by atoms with Crippen LogP contribution in [0.15, 0.2) is 48.8 Å². The standard InChI is InChI=1S/C24H22N6O/c1-13-3-8-20(29-28-13)19-10-7-17(14(2)27-19)23-22(15-4-5-15)24(31)30(23)16-6-9-18-21(11-16)26-12-25-18/h3,6-12,15,22-23H,4-5H2,1-2H3,(H,25,26). The van der Waals surface area contributed by atoms with E-state index >= 15 is 0 Å². The van der Waals surface area contributed by atoms with Gasteiger partial charge in [0.25, 0.3) is 0 Å². The fourth-order valence-corrected chi connectivity index (χ4v) is 4.68. The van der Waals surface area contributed by atoms with Gasteiger partial charge < -0.3 is 9.88 Å². The predicted molar refractivity (Wildman–Crippen MR) is 117 cm³/mol. The molecule has 2 fully saturated rings. The third kappa shape index (κ3) is 2.91. The summed E-state index contributed by atoms with van der Waals surface area (Å²) in [6.45, 7) is 3.93. The molecule has 0 radical (unpaired) electrons. The first-order chi connectivity index (χ1) is 15.1. The van der Waals surface area contributed by atoms with Crippen LogP contribution in [-0.2, 0) is 4.79 Å². The zero-order valence-electron chi connectivity index (χ0n) is 17.4. The highest BCUT2D eigenvalue weighted by molar-refractivity contribution is 6.04. The second-order valence-electron chi connectivity index (χ2n) is 8.55. The Morgan fingerprint density at radius 3 is 2.58 bits per heavy atom. The lowest BCUT2D eigenvalue weighted by molar-refractivity contribution is -0.131. The lowest BCUT2D eigenvalue weighted by Gasteiger charge is -2.48. The molecule has 2 atom stereocenters. The summed E-state index contributed by atoms with van der Waals surface area (Å²) in [5.41, 5.74) is 7.19. The van der Waals surface area contributed by atoms with Gasteiger partial charge in [0.2, 0.25) is 5.91 Å². The Morgan fingerprint density at radius 1 is 1.00 bits per heavy atom. The monoisotopic (exact) mass is 410 g/mol. The number of fused-ring (bicyclic) bond motifs is 1. The minimum absolute atomic E-state index is 0.00558. The van der Waals surface area contributed by atoms with Crippen LogP contribution in [0.4, 0.5) is 5.69 Å². The molecule has 1 amide bonds. The van der Waals surface area contributed by atoms with Crippen LogP contribution in [0.3, 0.4) is 0 Å². The summed E-state index contributed by atoms with van der Waals surface area (Å²) in [6.07, 6.45) is 3.94. The number of aromatic nitrogens is 5. The number of pyridine rings is 1. The molecule has 1 aromatic carbocycles. The molecule has 31 heavy (non-hydrogen) atoms. The maximum atomic E-state index is 13.2. The number of rotatable bonds is 4. The number of carbonyl (C=O) groups is 1. The van der Waals surface area contributed by atoms with Gasteiger partial charge in [-0.15, -0.1) is 5.10 Å². The Hall–Kier alpha value is -3.61. The molecule has 6 rings (SSSR count). The summed E-state index contributed by atoms with van der Waals surface area (Å²) in [5, 5.41) is 8.41. The lowest BCUT2D eigenvalue weighted by atomic mass is 9.78. The van der Waals surface area contributed by atoms with Crippen molar-refractivity contribution in [2.45, 2.75) is 32.7 Å². The van der Waals surface area contributed by atoms with Gasteiger partial charge in [-0.3, -0.25) is 9.78 Å². The Labute approximate surface area is 179 Å². The molecule has 0 bridgehead atoms. The van der Waals surface area contributed by atoms with E-state index in [-0.39, 0.29) is 17.9 Å². The molecule has 2 aliphatic rings.